The maximum Gasteiger partial charge on any atom is 0.166 e. The number of hydrogen-bond donors (Lipinski definition) is 1. The topological polar surface area (TPSA) is 29.5 Å². The molecule has 0 radical (unpaired) electrons. The van der Waals surface area contributed by atoms with Crippen molar-refractivity contribution in [2.45, 2.75) is 19.4 Å². The lowest BCUT2D eigenvalue weighted by Gasteiger charge is -2.13. The van der Waals surface area contributed by atoms with Gasteiger partial charge in [-0.2, -0.15) is 0 Å². The first-order chi connectivity index (χ1) is 6.97. The van der Waals surface area contributed by atoms with Gasteiger partial charge in [-0.15, -0.1) is 0 Å². The van der Waals surface area contributed by atoms with Crippen molar-refractivity contribution in [1.29, 1.82) is 0 Å². The Morgan fingerprint density at radius 2 is 2.13 bits per heavy atom. The fourth-order valence-electron chi connectivity index (χ4n) is 1.33. The highest BCUT2D eigenvalue weighted by Gasteiger charge is 2.19. The predicted octanol–water partition coefficient (Wildman–Crippen LogP) is 2.66. The van der Waals surface area contributed by atoms with E-state index in [9.17, 15) is 13.9 Å². The van der Waals surface area contributed by atoms with E-state index in [1.54, 1.807) is 0 Å². The Kier molecular flexibility index (Phi) is 4.04. The predicted molar refractivity (Wildman–Crippen MR) is 56.0 cm³/mol. The average molecular weight is 281 g/mol. The monoisotopic (exact) mass is 280 g/mol. The summed E-state index contributed by atoms with van der Waals surface area (Å²) in [5.41, 5.74) is 0.0411. The molecule has 1 rings (SSSR count). The van der Waals surface area contributed by atoms with E-state index < -0.39 is 17.7 Å². The number of aliphatic hydroxyl groups excluding tert-OH is 1. The van der Waals surface area contributed by atoms with Crippen LogP contribution in [0.15, 0.2) is 10.5 Å². The molecule has 0 spiro atoms. The lowest BCUT2D eigenvalue weighted by atomic mass is 10.1. The van der Waals surface area contributed by atoms with Crippen LogP contribution in [0, 0.1) is 11.6 Å². The molecular formula is C10H11BrF2O2. The number of rotatable bonds is 3. The van der Waals surface area contributed by atoms with Gasteiger partial charge in [0.1, 0.15) is 5.82 Å². The number of benzene rings is 1. The first-order valence-corrected chi connectivity index (χ1v) is 5.15. The van der Waals surface area contributed by atoms with Gasteiger partial charge < -0.3 is 9.84 Å². The van der Waals surface area contributed by atoms with Crippen molar-refractivity contribution in [3.05, 3.63) is 27.7 Å². The summed E-state index contributed by atoms with van der Waals surface area (Å²) in [4.78, 5) is 0. The fraction of sp³-hybridized carbons (Fsp3) is 0.400. The molecule has 1 aromatic carbocycles. The number of ether oxygens (including phenoxy) is 1. The van der Waals surface area contributed by atoms with Crippen LogP contribution in [0.25, 0.3) is 0 Å². The van der Waals surface area contributed by atoms with Gasteiger partial charge in [-0.3, -0.25) is 0 Å². The van der Waals surface area contributed by atoms with Gasteiger partial charge in [0.05, 0.1) is 17.7 Å². The fourth-order valence-corrected chi connectivity index (χ4v) is 1.77. The van der Waals surface area contributed by atoms with Crippen LogP contribution in [-0.4, -0.2) is 18.3 Å². The van der Waals surface area contributed by atoms with Gasteiger partial charge in [-0.1, -0.05) is 0 Å². The molecule has 0 aliphatic carbocycles. The van der Waals surface area contributed by atoms with Gasteiger partial charge in [0, 0.05) is 12.0 Å². The lowest BCUT2D eigenvalue weighted by Crippen LogP contribution is -2.09. The molecule has 5 heteroatoms. The molecule has 84 valence electrons. The van der Waals surface area contributed by atoms with Gasteiger partial charge >= 0.3 is 0 Å². The summed E-state index contributed by atoms with van der Waals surface area (Å²) < 4.78 is 31.7. The molecule has 15 heavy (non-hydrogen) atoms. The number of aliphatic hydroxyl groups is 1. The Labute approximate surface area is 95.0 Å². The Bertz CT molecular complexity index is 367. The van der Waals surface area contributed by atoms with Crippen LogP contribution in [0.2, 0.25) is 0 Å². The molecule has 1 aromatic rings. The highest BCUT2D eigenvalue weighted by molar-refractivity contribution is 9.10. The highest BCUT2D eigenvalue weighted by Crippen LogP contribution is 2.31. The van der Waals surface area contributed by atoms with E-state index >= 15 is 0 Å². The third-order valence-corrected chi connectivity index (χ3v) is 2.50. The molecular weight excluding hydrogens is 270 g/mol. The van der Waals surface area contributed by atoms with Gasteiger partial charge in [-0.25, -0.2) is 8.78 Å². The van der Waals surface area contributed by atoms with E-state index in [-0.39, 0.29) is 22.2 Å². The lowest BCUT2D eigenvalue weighted by molar-refractivity contribution is 0.192. The molecule has 0 heterocycles. The zero-order valence-electron chi connectivity index (χ0n) is 8.35. The number of methoxy groups -OCH3 is 1. The zero-order chi connectivity index (χ0) is 11.6. The summed E-state index contributed by atoms with van der Waals surface area (Å²) in [6.45, 7) is 1.50. The van der Waals surface area contributed by atoms with Gasteiger partial charge in [0.15, 0.2) is 11.6 Å². The van der Waals surface area contributed by atoms with Crippen molar-refractivity contribution in [1.82, 2.24) is 0 Å². The molecule has 0 saturated carbocycles. The smallest absolute Gasteiger partial charge is 0.166 e. The molecule has 0 aromatic heterocycles. The Morgan fingerprint density at radius 3 is 2.60 bits per heavy atom. The van der Waals surface area contributed by atoms with Crippen molar-refractivity contribution in [2.24, 2.45) is 0 Å². The van der Waals surface area contributed by atoms with Crippen molar-refractivity contribution >= 4 is 15.9 Å². The third kappa shape index (κ3) is 2.66. The second-order valence-corrected chi connectivity index (χ2v) is 4.07. The molecule has 0 amide bonds. The molecule has 0 bridgehead atoms. The van der Waals surface area contributed by atoms with Crippen LogP contribution < -0.4 is 4.74 Å². The molecule has 1 N–H and O–H groups in total. The Balaban J connectivity index is 3.30. The summed E-state index contributed by atoms with van der Waals surface area (Å²) in [5, 5.41) is 9.17. The average Bonchev–Trinajstić information content (AvgIpc) is 2.13. The number of halogens is 3. The molecule has 0 aliphatic rings. The van der Waals surface area contributed by atoms with E-state index in [0.717, 1.165) is 6.07 Å². The summed E-state index contributed by atoms with van der Waals surface area (Å²) >= 11 is 2.90. The van der Waals surface area contributed by atoms with Crippen LogP contribution in [0.1, 0.15) is 12.5 Å². The molecule has 0 aliphatic heterocycles. The molecule has 1 atom stereocenters. The minimum absolute atomic E-state index is 0.00532. The van der Waals surface area contributed by atoms with E-state index in [2.05, 4.69) is 15.9 Å². The summed E-state index contributed by atoms with van der Waals surface area (Å²) in [6.07, 6.45) is -0.757. The third-order valence-electron chi connectivity index (χ3n) is 1.92. The summed E-state index contributed by atoms with van der Waals surface area (Å²) in [5.74, 6) is -1.41. The first-order valence-electron chi connectivity index (χ1n) is 4.35. The summed E-state index contributed by atoms with van der Waals surface area (Å²) in [6, 6.07) is 1.000. The van der Waals surface area contributed by atoms with Crippen LogP contribution in [0.4, 0.5) is 8.78 Å². The van der Waals surface area contributed by atoms with Crippen molar-refractivity contribution in [2.75, 3.05) is 7.11 Å². The van der Waals surface area contributed by atoms with Crippen molar-refractivity contribution in [3.8, 4) is 5.75 Å². The van der Waals surface area contributed by atoms with E-state index in [1.165, 1.54) is 14.0 Å². The van der Waals surface area contributed by atoms with E-state index in [1.807, 2.05) is 0 Å². The molecule has 2 nitrogen and oxygen atoms in total. The second kappa shape index (κ2) is 4.90. The molecule has 0 fully saturated rings. The quantitative estimate of drug-likeness (QED) is 0.863. The van der Waals surface area contributed by atoms with Crippen LogP contribution in [0.5, 0.6) is 5.75 Å². The first kappa shape index (κ1) is 12.4. The number of hydrogen-bond acceptors (Lipinski definition) is 2. The zero-order valence-corrected chi connectivity index (χ0v) is 9.94. The minimum atomic E-state index is -0.762. The van der Waals surface area contributed by atoms with Crippen molar-refractivity contribution in [3.63, 3.8) is 0 Å². The van der Waals surface area contributed by atoms with Crippen LogP contribution in [0.3, 0.4) is 0 Å². The Hall–Kier alpha value is -0.680. The van der Waals surface area contributed by atoms with Gasteiger partial charge in [0.2, 0.25) is 0 Å². The van der Waals surface area contributed by atoms with Crippen LogP contribution in [-0.2, 0) is 6.42 Å². The standard InChI is InChI=1S/C10H11BrF2O2/c1-5(14)3-6-9(13)7(11)4-8(12)10(6)15-2/h4-5,14H,3H2,1-2H3. The Morgan fingerprint density at radius 1 is 1.53 bits per heavy atom. The van der Waals surface area contributed by atoms with Gasteiger partial charge in [0.25, 0.3) is 0 Å². The SMILES string of the molecule is COc1c(F)cc(Br)c(F)c1CC(C)O. The maximum atomic E-state index is 13.6. The maximum absolute atomic E-state index is 13.6. The molecule has 0 saturated heterocycles. The summed E-state index contributed by atoms with van der Waals surface area (Å²) in [7, 11) is 1.26. The van der Waals surface area contributed by atoms with E-state index in [4.69, 9.17) is 4.74 Å². The van der Waals surface area contributed by atoms with Gasteiger partial charge in [-0.05, 0) is 28.9 Å². The second-order valence-electron chi connectivity index (χ2n) is 3.22. The van der Waals surface area contributed by atoms with Crippen molar-refractivity contribution < 1.29 is 18.6 Å². The largest absolute Gasteiger partial charge is 0.493 e. The van der Waals surface area contributed by atoms with E-state index in [0.29, 0.717) is 0 Å². The normalized spacial score (nSPS) is 12.7. The van der Waals surface area contributed by atoms with Crippen LogP contribution >= 0.6 is 15.9 Å². The molecule has 1 unspecified atom stereocenters. The minimum Gasteiger partial charge on any atom is -0.493 e. The highest BCUT2D eigenvalue weighted by atomic mass is 79.9.